The van der Waals surface area contributed by atoms with E-state index in [4.69, 9.17) is 14.7 Å². The van der Waals surface area contributed by atoms with Crippen LogP contribution in [0.2, 0.25) is 0 Å². The molecule has 0 aliphatic carbocycles. The second-order valence-corrected chi connectivity index (χ2v) is 4.95. The minimum absolute atomic E-state index is 0.0255. The molecule has 2 aliphatic rings. The fourth-order valence-electron chi connectivity index (χ4n) is 2.62. The number of ether oxygens (including phenoxy) is 2. The highest BCUT2D eigenvalue weighted by molar-refractivity contribution is 4.96. The molecule has 2 aliphatic heterocycles. The Bertz CT molecular complexity index is 281. The average Bonchev–Trinajstić information content (AvgIpc) is 2.75. The molecule has 0 amide bonds. The van der Waals surface area contributed by atoms with Crippen molar-refractivity contribution in [2.45, 2.75) is 43.9 Å². The molecule has 2 rings (SSSR count). The second kappa shape index (κ2) is 4.70. The van der Waals surface area contributed by atoms with Gasteiger partial charge in [-0.2, -0.15) is 5.26 Å². The van der Waals surface area contributed by atoms with Crippen LogP contribution in [0.4, 0.5) is 0 Å². The Morgan fingerprint density at radius 3 is 2.94 bits per heavy atom. The van der Waals surface area contributed by atoms with Gasteiger partial charge in [-0.1, -0.05) is 0 Å². The van der Waals surface area contributed by atoms with Crippen LogP contribution in [-0.2, 0) is 9.47 Å². The van der Waals surface area contributed by atoms with Crippen molar-refractivity contribution in [3.8, 4) is 6.07 Å². The van der Waals surface area contributed by atoms with Crippen LogP contribution in [0.1, 0.15) is 26.2 Å². The molecule has 16 heavy (non-hydrogen) atoms. The first kappa shape index (κ1) is 11.8. The maximum Gasteiger partial charge on any atom is 0.0951 e. The van der Waals surface area contributed by atoms with Gasteiger partial charge in [0.1, 0.15) is 0 Å². The van der Waals surface area contributed by atoms with Crippen molar-refractivity contribution in [2.75, 3.05) is 26.9 Å². The van der Waals surface area contributed by atoms with E-state index in [0.717, 1.165) is 39.1 Å². The SMILES string of the molecule is CC(C#N)N(C)C1CCOC2(CCOC2)C1. The summed E-state index contributed by atoms with van der Waals surface area (Å²) in [6.07, 6.45) is 3.01. The van der Waals surface area contributed by atoms with E-state index in [-0.39, 0.29) is 11.6 Å². The standard InChI is InChI=1S/C12H20N2O2/c1-10(8-13)14(2)11-3-5-16-12(7-11)4-6-15-9-12/h10-11H,3-7,9H2,1-2H3. The molecule has 0 N–H and O–H groups in total. The van der Waals surface area contributed by atoms with Crippen LogP contribution in [0.3, 0.4) is 0 Å². The van der Waals surface area contributed by atoms with Gasteiger partial charge in [0.25, 0.3) is 0 Å². The Morgan fingerprint density at radius 2 is 2.31 bits per heavy atom. The predicted molar refractivity (Wildman–Crippen MR) is 60.0 cm³/mol. The molecule has 4 heteroatoms. The molecule has 0 aromatic rings. The zero-order chi connectivity index (χ0) is 11.6. The molecular formula is C12H20N2O2. The first-order valence-electron chi connectivity index (χ1n) is 6.00. The van der Waals surface area contributed by atoms with Gasteiger partial charge in [0.15, 0.2) is 0 Å². The highest BCUT2D eigenvalue weighted by Crippen LogP contribution is 2.34. The highest BCUT2D eigenvalue weighted by atomic mass is 16.6. The van der Waals surface area contributed by atoms with Gasteiger partial charge in [-0.25, -0.2) is 0 Å². The molecule has 0 saturated carbocycles. The molecule has 2 fully saturated rings. The smallest absolute Gasteiger partial charge is 0.0951 e. The lowest BCUT2D eigenvalue weighted by molar-refractivity contribution is -0.105. The number of nitrogens with zero attached hydrogens (tertiary/aromatic N) is 2. The predicted octanol–water partition coefficient (Wildman–Crippen LogP) is 1.17. The maximum absolute atomic E-state index is 8.95. The summed E-state index contributed by atoms with van der Waals surface area (Å²) in [4.78, 5) is 2.17. The van der Waals surface area contributed by atoms with Crippen molar-refractivity contribution in [3.63, 3.8) is 0 Å². The van der Waals surface area contributed by atoms with Crippen molar-refractivity contribution in [1.29, 1.82) is 5.26 Å². The minimum Gasteiger partial charge on any atom is -0.378 e. The monoisotopic (exact) mass is 224 g/mol. The molecule has 2 heterocycles. The van der Waals surface area contributed by atoms with E-state index in [1.165, 1.54) is 0 Å². The average molecular weight is 224 g/mol. The number of hydrogen-bond acceptors (Lipinski definition) is 4. The van der Waals surface area contributed by atoms with Gasteiger partial charge in [0.05, 0.1) is 24.3 Å². The van der Waals surface area contributed by atoms with E-state index >= 15 is 0 Å². The second-order valence-electron chi connectivity index (χ2n) is 4.95. The molecular weight excluding hydrogens is 204 g/mol. The first-order chi connectivity index (χ1) is 7.67. The van der Waals surface area contributed by atoms with Crippen molar-refractivity contribution in [1.82, 2.24) is 4.90 Å². The van der Waals surface area contributed by atoms with E-state index in [1.54, 1.807) is 0 Å². The van der Waals surface area contributed by atoms with E-state index in [9.17, 15) is 0 Å². The van der Waals surface area contributed by atoms with E-state index in [0.29, 0.717) is 6.04 Å². The third kappa shape index (κ3) is 2.22. The van der Waals surface area contributed by atoms with Crippen LogP contribution >= 0.6 is 0 Å². The van der Waals surface area contributed by atoms with Gasteiger partial charge in [-0.05, 0) is 26.8 Å². The summed E-state index contributed by atoms with van der Waals surface area (Å²) in [6, 6.07) is 2.72. The maximum atomic E-state index is 8.95. The van der Waals surface area contributed by atoms with Crippen LogP contribution in [0.25, 0.3) is 0 Å². The van der Waals surface area contributed by atoms with Crippen LogP contribution < -0.4 is 0 Å². The van der Waals surface area contributed by atoms with E-state index in [1.807, 2.05) is 14.0 Å². The van der Waals surface area contributed by atoms with Gasteiger partial charge >= 0.3 is 0 Å². The summed E-state index contributed by atoms with van der Waals surface area (Å²) >= 11 is 0. The highest BCUT2D eigenvalue weighted by Gasteiger charge is 2.42. The zero-order valence-corrected chi connectivity index (χ0v) is 10.1. The summed E-state index contributed by atoms with van der Waals surface area (Å²) in [6.45, 7) is 4.27. The topological polar surface area (TPSA) is 45.5 Å². The normalized spacial score (nSPS) is 36.5. The summed E-state index contributed by atoms with van der Waals surface area (Å²) < 4.78 is 11.3. The molecule has 0 bridgehead atoms. The Kier molecular flexibility index (Phi) is 3.48. The van der Waals surface area contributed by atoms with Gasteiger partial charge in [0, 0.05) is 25.7 Å². The molecule has 4 nitrogen and oxygen atoms in total. The quantitative estimate of drug-likeness (QED) is 0.706. The number of hydrogen-bond donors (Lipinski definition) is 0. The Labute approximate surface area is 97.1 Å². The lowest BCUT2D eigenvalue weighted by atomic mass is 9.88. The van der Waals surface area contributed by atoms with Gasteiger partial charge in [-0.15, -0.1) is 0 Å². The van der Waals surface area contributed by atoms with E-state index in [2.05, 4.69) is 11.0 Å². The van der Waals surface area contributed by atoms with Crippen molar-refractivity contribution >= 4 is 0 Å². The van der Waals surface area contributed by atoms with Crippen LogP contribution in [0.5, 0.6) is 0 Å². The van der Waals surface area contributed by atoms with Gasteiger partial charge in [0.2, 0.25) is 0 Å². The summed E-state index contributed by atoms with van der Waals surface area (Å²) in [7, 11) is 2.04. The minimum atomic E-state index is -0.0631. The van der Waals surface area contributed by atoms with Crippen LogP contribution in [-0.4, -0.2) is 49.5 Å². The molecule has 3 atom stereocenters. The van der Waals surface area contributed by atoms with E-state index < -0.39 is 0 Å². The fourth-order valence-corrected chi connectivity index (χ4v) is 2.62. The Morgan fingerprint density at radius 1 is 1.50 bits per heavy atom. The van der Waals surface area contributed by atoms with Crippen molar-refractivity contribution < 1.29 is 9.47 Å². The Balaban J connectivity index is 1.99. The summed E-state index contributed by atoms with van der Waals surface area (Å²) in [5, 5.41) is 8.95. The summed E-state index contributed by atoms with van der Waals surface area (Å²) in [5.41, 5.74) is -0.0631. The van der Waals surface area contributed by atoms with Gasteiger partial charge < -0.3 is 9.47 Å². The Hall–Kier alpha value is -0.630. The zero-order valence-electron chi connectivity index (χ0n) is 10.1. The number of nitriles is 1. The molecule has 0 radical (unpaired) electrons. The molecule has 3 unspecified atom stereocenters. The lowest BCUT2D eigenvalue weighted by Gasteiger charge is -2.41. The lowest BCUT2D eigenvalue weighted by Crippen LogP contribution is -2.50. The van der Waals surface area contributed by atoms with Crippen LogP contribution in [0, 0.1) is 11.3 Å². The third-order valence-electron chi connectivity index (χ3n) is 3.91. The van der Waals surface area contributed by atoms with Crippen LogP contribution in [0.15, 0.2) is 0 Å². The fraction of sp³-hybridized carbons (Fsp3) is 0.917. The molecule has 2 saturated heterocycles. The largest absolute Gasteiger partial charge is 0.378 e. The number of rotatable bonds is 2. The third-order valence-corrected chi connectivity index (χ3v) is 3.91. The summed E-state index contributed by atoms with van der Waals surface area (Å²) in [5.74, 6) is 0. The van der Waals surface area contributed by atoms with Crippen molar-refractivity contribution in [2.24, 2.45) is 0 Å². The molecule has 90 valence electrons. The first-order valence-corrected chi connectivity index (χ1v) is 6.00. The molecule has 0 aromatic heterocycles. The van der Waals surface area contributed by atoms with Crippen molar-refractivity contribution in [3.05, 3.63) is 0 Å². The van der Waals surface area contributed by atoms with Gasteiger partial charge in [-0.3, -0.25) is 4.90 Å². The molecule has 0 aromatic carbocycles. The molecule has 1 spiro atoms.